The van der Waals surface area contributed by atoms with E-state index in [1.54, 1.807) is 7.11 Å². The van der Waals surface area contributed by atoms with E-state index in [-0.39, 0.29) is 6.10 Å². The zero-order chi connectivity index (χ0) is 11.1. The monoisotopic (exact) mass is 215 g/mol. The van der Waals surface area contributed by atoms with Gasteiger partial charge in [-0.15, -0.1) is 0 Å². The van der Waals surface area contributed by atoms with Crippen LogP contribution in [0.4, 0.5) is 0 Å². The number of unbranched alkanes of at least 4 members (excludes halogenated alkanes) is 1. The Bertz CT molecular complexity index is 162. The van der Waals surface area contributed by atoms with Crippen molar-refractivity contribution in [2.24, 2.45) is 0 Å². The van der Waals surface area contributed by atoms with Crippen molar-refractivity contribution in [3.05, 3.63) is 0 Å². The molecule has 3 nitrogen and oxygen atoms in total. The molecule has 0 aromatic rings. The van der Waals surface area contributed by atoms with Crippen molar-refractivity contribution < 1.29 is 9.84 Å². The van der Waals surface area contributed by atoms with Crippen LogP contribution in [-0.4, -0.2) is 49.0 Å². The summed E-state index contributed by atoms with van der Waals surface area (Å²) in [4.78, 5) is 2.53. The summed E-state index contributed by atoms with van der Waals surface area (Å²) >= 11 is 0. The van der Waals surface area contributed by atoms with E-state index in [0.29, 0.717) is 6.04 Å². The predicted molar refractivity (Wildman–Crippen MR) is 62.0 cm³/mol. The zero-order valence-corrected chi connectivity index (χ0v) is 10.1. The van der Waals surface area contributed by atoms with Crippen LogP contribution in [0, 0.1) is 0 Å². The van der Waals surface area contributed by atoms with Crippen LogP contribution in [0.1, 0.15) is 39.0 Å². The maximum absolute atomic E-state index is 9.39. The molecule has 1 saturated heterocycles. The van der Waals surface area contributed by atoms with Crippen molar-refractivity contribution in [3.63, 3.8) is 0 Å². The molecular weight excluding hydrogens is 190 g/mol. The molecule has 0 aliphatic carbocycles. The molecule has 0 radical (unpaired) electrons. The molecule has 2 unspecified atom stereocenters. The number of nitrogens with zero attached hydrogens (tertiary/aromatic N) is 1. The van der Waals surface area contributed by atoms with Crippen LogP contribution < -0.4 is 0 Å². The van der Waals surface area contributed by atoms with Crippen molar-refractivity contribution in [2.45, 2.75) is 51.2 Å². The third-order valence-corrected chi connectivity index (χ3v) is 3.16. The molecule has 1 rings (SSSR count). The van der Waals surface area contributed by atoms with Crippen LogP contribution in [0.15, 0.2) is 0 Å². The first-order chi connectivity index (χ1) is 7.24. The van der Waals surface area contributed by atoms with Crippen molar-refractivity contribution in [1.82, 2.24) is 4.90 Å². The molecule has 1 N–H and O–H groups in total. The molecule has 2 atom stereocenters. The fraction of sp³-hybridized carbons (Fsp3) is 1.00. The first kappa shape index (κ1) is 12.9. The van der Waals surface area contributed by atoms with Crippen molar-refractivity contribution >= 4 is 0 Å². The molecule has 1 aliphatic rings. The van der Waals surface area contributed by atoms with Gasteiger partial charge in [0.15, 0.2) is 0 Å². The number of aliphatic hydroxyl groups is 1. The molecule has 1 aliphatic heterocycles. The molecular formula is C12H25NO2. The number of aliphatic hydroxyl groups excluding tert-OH is 1. The summed E-state index contributed by atoms with van der Waals surface area (Å²) in [6.45, 7) is 5.14. The van der Waals surface area contributed by atoms with Gasteiger partial charge in [-0.1, -0.05) is 0 Å². The van der Waals surface area contributed by atoms with Gasteiger partial charge in [0.2, 0.25) is 0 Å². The largest absolute Gasteiger partial charge is 0.393 e. The van der Waals surface area contributed by atoms with E-state index in [0.717, 1.165) is 19.4 Å². The van der Waals surface area contributed by atoms with Crippen LogP contribution >= 0.6 is 0 Å². The van der Waals surface area contributed by atoms with Crippen molar-refractivity contribution in [3.8, 4) is 0 Å². The molecule has 0 amide bonds. The van der Waals surface area contributed by atoms with E-state index in [1.165, 1.54) is 32.4 Å². The average Bonchev–Trinajstić information content (AvgIpc) is 2.59. The Morgan fingerprint density at radius 2 is 2.27 bits per heavy atom. The van der Waals surface area contributed by atoms with Crippen molar-refractivity contribution in [1.29, 1.82) is 0 Å². The second-order valence-electron chi connectivity index (χ2n) is 4.62. The van der Waals surface area contributed by atoms with Crippen LogP contribution in [0.3, 0.4) is 0 Å². The molecule has 0 spiro atoms. The molecule has 1 fully saturated rings. The van der Waals surface area contributed by atoms with Crippen LogP contribution in [0.5, 0.6) is 0 Å². The van der Waals surface area contributed by atoms with Crippen molar-refractivity contribution in [2.75, 3.05) is 26.8 Å². The van der Waals surface area contributed by atoms with Crippen LogP contribution in [-0.2, 0) is 4.74 Å². The first-order valence-electron chi connectivity index (χ1n) is 6.15. The third kappa shape index (κ3) is 4.96. The summed E-state index contributed by atoms with van der Waals surface area (Å²) in [6, 6.07) is 0.618. The standard InChI is InChI=1S/C12H25NO2/c1-11(14)10-12-6-5-8-13(12)7-3-4-9-15-2/h11-12,14H,3-10H2,1-2H3. The zero-order valence-electron chi connectivity index (χ0n) is 10.1. The summed E-state index contributed by atoms with van der Waals surface area (Å²) in [7, 11) is 1.76. The minimum Gasteiger partial charge on any atom is -0.393 e. The van der Waals surface area contributed by atoms with Gasteiger partial charge >= 0.3 is 0 Å². The summed E-state index contributed by atoms with van der Waals surface area (Å²) in [5, 5.41) is 9.39. The predicted octanol–water partition coefficient (Wildman–Crippen LogP) is 1.65. The van der Waals surface area contributed by atoms with Gasteiger partial charge in [-0.05, 0) is 52.1 Å². The van der Waals surface area contributed by atoms with E-state index in [4.69, 9.17) is 4.74 Å². The Morgan fingerprint density at radius 1 is 1.47 bits per heavy atom. The topological polar surface area (TPSA) is 32.7 Å². The average molecular weight is 215 g/mol. The minimum absolute atomic E-state index is 0.158. The second-order valence-corrected chi connectivity index (χ2v) is 4.62. The molecule has 0 aromatic carbocycles. The highest BCUT2D eigenvalue weighted by atomic mass is 16.5. The number of rotatable bonds is 7. The highest BCUT2D eigenvalue weighted by molar-refractivity contribution is 4.80. The molecule has 0 aromatic heterocycles. The fourth-order valence-electron chi connectivity index (χ4n) is 2.41. The Morgan fingerprint density at radius 3 is 2.93 bits per heavy atom. The quantitative estimate of drug-likeness (QED) is 0.655. The lowest BCUT2D eigenvalue weighted by Crippen LogP contribution is -2.32. The van der Waals surface area contributed by atoms with E-state index in [2.05, 4.69) is 4.90 Å². The summed E-state index contributed by atoms with van der Waals surface area (Å²) in [6.07, 6.45) is 5.69. The van der Waals surface area contributed by atoms with Gasteiger partial charge in [-0.3, -0.25) is 0 Å². The van der Waals surface area contributed by atoms with Crippen LogP contribution in [0.2, 0.25) is 0 Å². The number of hydrogen-bond donors (Lipinski definition) is 1. The van der Waals surface area contributed by atoms with E-state index < -0.39 is 0 Å². The number of likely N-dealkylation sites (tertiary alicyclic amines) is 1. The second kappa shape index (κ2) is 7.20. The lowest BCUT2D eigenvalue weighted by molar-refractivity contribution is 0.129. The van der Waals surface area contributed by atoms with E-state index in [9.17, 15) is 5.11 Å². The smallest absolute Gasteiger partial charge is 0.0527 e. The highest BCUT2D eigenvalue weighted by Crippen LogP contribution is 2.21. The van der Waals surface area contributed by atoms with Gasteiger partial charge < -0.3 is 14.7 Å². The first-order valence-corrected chi connectivity index (χ1v) is 6.15. The molecule has 15 heavy (non-hydrogen) atoms. The van der Waals surface area contributed by atoms with Gasteiger partial charge in [0.05, 0.1) is 6.10 Å². The van der Waals surface area contributed by atoms with Gasteiger partial charge in [0.1, 0.15) is 0 Å². The lowest BCUT2D eigenvalue weighted by Gasteiger charge is -2.25. The Hall–Kier alpha value is -0.120. The molecule has 1 heterocycles. The Labute approximate surface area is 93.4 Å². The third-order valence-electron chi connectivity index (χ3n) is 3.16. The summed E-state index contributed by atoms with van der Waals surface area (Å²) in [5.41, 5.74) is 0. The number of methoxy groups -OCH3 is 1. The van der Waals surface area contributed by atoms with E-state index >= 15 is 0 Å². The SMILES string of the molecule is COCCCCN1CCCC1CC(C)O. The fourth-order valence-corrected chi connectivity index (χ4v) is 2.41. The normalized spacial score (nSPS) is 24.6. The highest BCUT2D eigenvalue weighted by Gasteiger charge is 2.24. The number of hydrogen-bond acceptors (Lipinski definition) is 3. The molecule has 0 saturated carbocycles. The maximum Gasteiger partial charge on any atom is 0.0527 e. The molecule has 90 valence electrons. The molecule has 3 heteroatoms. The van der Waals surface area contributed by atoms with Gasteiger partial charge in [-0.25, -0.2) is 0 Å². The maximum atomic E-state index is 9.39. The number of ether oxygens (including phenoxy) is 1. The molecule has 0 bridgehead atoms. The van der Waals surface area contributed by atoms with Gasteiger partial charge in [0.25, 0.3) is 0 Å². The summed E-state index contributed by atoms with van der Waals surface area (Å²) in [5.74, 6) is 0. The Kier molecular flexibility index (Phi) is 6.22. The van der Waals surface area contributed by atoms with Gasteiger partial charge in [-0.2, -0.15) is 0 Å². The van der Waals surface area contributed by atoms with E-state index in [1.807, 2.05) is 6.92 Å². The van der Waals surface area contributed by atoms with Gasteiger partial charge in [0, 0.05) is 19.8 Å². The minimum atomic E-state index is -0.158. The Balaban J connectivity index is 2.15. The lowest BCUT2D eigenvalue weighted by atomic mass is 10.1. The summed E-state index contributed by atoms with van der Waals surface area (Å²) < 4.78 is 5.04. The van der Waals surface area contributed by atoms with Crippen LogP contribution in [0.25, 0.3) is 0 Å².